The van der Waals surface area contributed by atoms with Gasteiger partial charge in [0.15, 0.2) is 11.0 Å². The maximum atomic E-state index is 12.6. The van der Waals surface area contributed by atoms with Gasteiger partial charge in [-0.2, -0.15) is 5.10 Å². The molecule has 5 rings (SSSR count). The van der Waals surface area contributed by atoms with Crippen molar-refractivity contribution in [1.82, 2.24) is 20.2 Å². The number of nitrogens with one attached hydrogen (secondary N) is 1. The van der Waals surface area contributed by atoms with Gasteiger partial charge in [0.1, 0.15) is 11.5 Å². The number of aromatic nitrogens is 3. The van der Waals surface area contributed by atoms with Crippen LogP contribution in [0.1, 0.15) is 5.56 Å². The highest BCUT2D eigenvalue weighted by Crippen LogP contribution is 2.30. The monoisotopic (exact) mass is 549 g/mol. The Morgan fingerprint density at radius 3 is 2.05 bits per heavy atom. The van der Waals surface area contributed by atoms with Crippen LogP contribution in [0.4, 0.5) is 0 Å². The molecule has 1 N–H and O–H groups in total. The van der Waals surface area contributed by atoms with E-state index in [4.69, 9.17) is 9.47 Å². The average molecular weight is 550 g/mol. The van der Waals surface area contributed by atoms with Gasteiger partial charge in [-0.1, -0.05) is 66.4 Å². The topological polar surface area (TPSA) is 90.6 Å². The van der Waals surface area contributed by atoms with E-state index < -0.39 is 0 Å². The van der Waals surface area contributed by atoms with Crippen molar-refractivity contribution < 1.29 is 14.3 Å². The normalized spacial score (nSPS) is 10.9. The van der Waals surface area contributed by atoms with E-state index in [9.17, 15) is 4.79 Å². The summed E-state index contributed by atoms with van der Waals surface area (Å²) in [6.45, 7) is 0. The lowest BCUT2D eigenvalue weighted by Crippen LogP contribution is -2.20. The first-order chi connectivity index (χ1) is 19.6. The Hall–Kier alpha value is -4.89. The van der Waals surface area contributed by atoms with E-state index in [2.05, 4.69) is 32.9 Å². The van der Waals surface area contributed by atoms with Crippen LogP contribution in [0.25, 0.3) is 28.2 Å². The molecule has 0 bridgehead atoms. The third-order valence-corrected chi connectivity index (χ3v) is 6.99. The van der Waals surface area contributed by atoms with Crippen molar-refractivity contribution in [2.45, 2.75) is 5.16 Å². The first kappa shape index (κ1) is 26.7. The van der Waals surface area contributed by atoms with Crippen LogP contribution in [0.15, 0.2) is 113 Å². The number of amides is 1. The highest BCUT2D eigenvalue weighted by molar-refractivity contribution is 7.99. The van der Waals surface area contributed by atoms with Gasteiger partial charge in [-0.25, -0.2) is 5.43 Å². The number of ether oxygens (including phenoxy) is 2. The molecule has 0 saturated heterocycles. The van der Waals surface area contributed by atoms with Gasteiger partial charge in [0.25, 0.3) is 5.91 Å². The van der Waals surface area contributed by atoms with Crippen LogP contribution < -0.4 is 14.9 Å². The van der Waals surface area contributed by atoms with E-state index in [1.807, 2.05) is 95.6 Å². The van der Waals surface area contributed by atoms with Gasteiger partial charge in [0, 0.05) is 11.3 Å². The van der Waals surface area contributed by atoms with Crippen LogP contribution in [0.5, 0.6) is 11.5 Å². The number of thioether (sulfide) groups is 1. The maximum Gasteiger partial charge on any atom is 0.250 e. The van der Waals surface area contributed by atoms with E-state index in [0.29, 0.717) is 11.0 Å². The van der Waals surface area contributed by atoms with Crippen molar-refractivity contribution in [3.05, 3.63) is 109 Å². The third-order valence-electron chi connectivity index (χ3n) is 6.07. The fourth-order valence-corrected chi connectivity index (χ4v) is 4.73. The Kier molecular flexibility index (Phi) is 8.53. The summed E-state index contributed by atoms with van der Waals surface area (Å²) in [7, 11) is 3.25. The van der Waals surface area contributed by atoms with E-state index >= 15 is 0 Å². The van der Waals surface area contributed by atoms with Crippen molar-refractivity contribution in [1.29, 1.82) is 0 Å². The first-order valence-corrected chi connectivity index (χ1v) is 13.5. The number of hydrazone groups is 1. The lowest BCUT2D eigenvalue weighted by atomic mass is 10.0. The molecule has 0 radical (unpaired) electrons. The molecule has 0 aliphatic rings. The molecule has 0 atom stereocenters. The number of hydrogen-bond donors (Lipinski definition) is 1. The lowest BCUT2D eigenvalue weighted by molar-refractivity contribution is -0.118. The van der Waals surface area contributed by atoms with E-state index in [1.165, 1.54) is 11.8 Å². The minimum absolute atomic E-state index is 0.112. The highest BCUT2D eigenvalue weighted by atomic mass is 32.2. The van der Waals surface area contributed by atoms with Gasteiger partial charge in [-0.05, 0) is 65.2 Å². The summed E-state index contributed by atoms with van der Waals surface area (Å²) in [6.07, 6.45) is 1.62. The second-order valence-corrected chi connectivity index (χ2v) is 9.58. The molecule has 1 amide bonds. The van der Waals surface area contributed by atoms with E-state index in [-0.39, 0.29) is 11.7 Å². The molecular formula is C31H27N5O3S. The first-order valence-electron chi connectivity index (χ1n) is 12.5. The fourth-order valence-electron chi connectivity index (χ4n) is 3.99. The second kappa shape index (κ2) is 12.8. The van der Waals surface area contributed by atoms with Gasteiger partial charge in [0.05, 0.1) is 26.2 Å². The number of hydrogen-bond acceptors (Lipinski definition) is 7. The molecule has 1 aromatic heterocycles. The third kappa shape index (κ3) is 6.39. The number of carbonyl (C=O) groups excluding carboxylic acids is 1. The Morgan fingerprint density at radius 2 is 1.40 bits per heavy atom. The fraction of sp³-hybridized carbons (Fsp3) is 0.0968. The number of nitrogens with zero attached hydrogens (tertiary/aromatic N) is 4. The molecule has 1 heterocycles. The molecule has 9 heteroatoms. The molecule has 0 unspecified atom stereocenters. The zero-order chi connectivity index (χ0) is 27.7. The largest absolute Gasteiger partial charge is 0.497 e. The molecule has 200 valence electrons. The summed E-state index contributed by atoms with van der Waals surface area (Å²) < 4.78 is 12.5. The molecule has 0 aliphatic carbocycles. The molecule has 0 spiro atoms. The number of benzene rings is 4. The number of methoxy groups -OCH3 is 2. The van der Waals surface area contributed by atoms with Gasteiger partial charge >= 0.3 is 0 Å². The van der Waals surface area contributed by atoms with Gasteiger partial charge in [-0.3, -0.25) is 9.36 Å². The molecule has 0 fully saturated rings. The lowest BCUT2D eigenvalue weighted by Gasteiger charge is -2.11. The summed E-state index contributed by atoms with van der Waals surface area (Å²) in [5.41, 5.74) is 7.45. The number of carbonyl (C=O) groups is 1. The van der Waals surface area contributed by atoms with Gasteiger partial charge < -0.3 is 9.47 Å². The second-order valence-electron chi connectivity index (χ2n) is 8.64. The predicted molar refractivity (Wildman–Crippen MR) is 158 cm³/mol. The van der Waals surface area contributed by atoms with Crippen LogP contribution in [0, 0.1) is 0 Å². The minimum atomic E-state index is -0.252. The Bertz CT molecular complexity index is 1580. The van der Waals surface area contributed by atoms with Crippen molar-refractivity contribution in [3.63, 3.8) is 0 Å². The smallest absolute Gasteiger partial charge is 0.250 e. The summed E-state index contributed by atoms with van der Waals surface area (Å²) in [5, 5.41) is 13.5. The summed E-state index contributed by atoms with van der Waals surface area (Å²) in [4.78, 5) is 12.6. The summed E-state index contributed by atoms with van der Waals surface area (Å²) >= 11 is 1.28. The molecule has 8 nitrogen and oxygen atoms in total. The Labute approximate surface area is 236 Å². The van der Waals surface area contributed by atoms with Crippen molar-refractivity contribution >= 4 is 23.9 Å². The Balaban J connectivity index is 1.27. The van der Waals surface area contributed by atoms with Crippen LogP contribution in [0.3, 0.4) is 0 Å². The molecule has 0 aliphatic heterocycles. The SMILES string of the molecule is COc1ccc(-c2nnc(SCC(=O)N/N=C/c3ccc(-c4ccccc4)cc3)n2-c2ccc(OC)cc2)cc1. The summed E-state index contributed by atoms with van der Waals surface area (Å²) in [6, 6.07) is 33.3. The number of rotatable bonds is 10. The molecular weight excluding hydrogens is 522 g/mol. The average Bonchev–Trinajstić information content (AvgIpc) is 3.45. The van der Waals surface area contributed by atoms with Gasteiger partial charge in [-0.15, -0.1) is 10.2 Å². The van der Waals surface area contributed by atoms with E-state index in [0.717, 1.165) is 39.4 Å². The van der Waals surface area contributed by atoms with E-state index in [1.54, 1.807) is 20.4 Å². The standard InChI is InChI=1S/C31H27N5O3S/c1-38-27-16-12-25(13-17-27)30-34-35-31(36(30)26-14-18-28(39-2)19-15-26)40-21-29(37)33-32-20-22-8-10-24(11-9-22)23-6-4-3-5-7-23/h3-20H,21H2,1-2H3,(H,33,37)/b32-20+. The van der Waals surface area contributed by atoms with Crippen LogP contribution >= 0.6 is 11.8 Å². The molecule has 5 aromatic rings. The molecule has 4 aromatic carbocycles. The maximum absolute atomic E-state index is 12.6. The van der Waals surface area contributed by atoms with Crippen molar-refractivity contribution in [2.24, 2.45) is 5.10 Å². The van der Waals surface area contributed by atoms with Crippen LogP contribution in [-0.2, 0) is 4.79 Å². The van der Waals surface area contributed by atoms with Crippen LogP contribution in [0.2, 0.25) is 0 Å². The quantitative estimate of drug-likeness (QED) is 0.133. The Morgan fingerprint density at radius 1 is 0.800 bits per heavy atom. The van der Waals surface area contributed by atoms with Gasteiger partial charge in [0.2, 0.25) is 0 Å². The van der Waals surface area contributed by atoms with Crippen molar-refractivity contribution in [2.75, 3.05) is 20.0 Å². The zero-order valence-electron chi connectivity index (χ0n) is 22.0. The van der Waals surface area contributed by atoms with Crippen LogP contribution in [-0.4, -0.2) is 46.9 Å². The molecule has 40 heavy (non-hydrogen) atoms. The molecule has 0 saturated carbocycles. The predicted octanol–water partition coefficient (Wildman–Crippen LogP) is 5.86. The summed E-state index contributed by atoms with van der Waals surface area (Å²) in [5.74, 6) is 1.99. The van der Waals surface area contributed by atoms with Crippen molar-refractivity contribution in [3.8, 4) is 39.7 Å². The minimum Gasteiger partial charge on any atom is -0.497 e. The highest BCUT2D eigenvalue weighted by Gasteiger charge is 2.17. The zero-order valence-corrected chi connectivity index (χ0v) is 22.8.